The van der Waals surface area contributed by atoms with Crippen molar-refractivity contribution in [3.8, 4) is 0 Å². The van der Waals surface area contributed by atoms with Gasteiger partial charge in [0.1, 0.15) is 0 Å². The fourth-order valence-electron chi connectivity index (χ4n) is 1.77. The Morgan fingerprint density at radius 2 is 2.00 bits per heavy atom. The smallest absolute Gasteiger partial charge is 0.212 e. The predicted molar refractivity (Wildman–Crippen MR) is 63.2 cm³/mol. The molecule has 1 heterocycles. The molecule has 0 N–H and O–H groups in total. The van der Waals surface area contributed by atoms with Crippen LogP contribution in [0.2, 0.25) is 0 Å². The lowest BCUT2D eigenvalue weighted by molar-refractivity contribution is 0.390. The van der Waals surface area contributed by atoms with Gasteiger partial charge in [-0.05, 0) is 18.8 Å². The highest BCUT2D eigenvalue weighted by Gasteiger charge is 2.26. The van der Waals surface area contributed by atoms with Crippen molar-refractivity contribution in [1.29, 1.82) is 0 Å². The van der Waals surface area contributed by atoms with E-state index < -0.39 is 10.0 Å². The number of sulfonamides is 1. The highest BCUT2D eigenvalue weighted by Crippen LogP contribution is 2.30. The SMILES string of the molecule is CCS(=O)(=O)N1CC=C(C(C)(C)C)CC1. The van der Waals surface area contributed by atoms with E-state index in [1.165, 1.54) is 5.57 Å². The number of rotatable bonds is 2. The van der Waals surface area contributed by atoms with Crippen LogP contribution in [-0.2, 0) is 10.0 Å². The molecule has 0 radical (unpaired) electrons. The maximum Gasteiger partial charge on any atom is 0.214 e. The van der Waals surface area contributed by atoms with E-state index in [4.69, 9.17) is 0 Å². The van der Waals surface area contributed by atoms with E-state index in [2.05, 4.69) is 26.8 Å². The third-order valence-electron chi connectivity index (χ3n) is 2.89. The Bertz CT molecular complexity index is 349. The molecule has 0 spiro atoms. The minimum atomic E-state index is -3.00. The molecule has 0 amide bonds. The quantitative estimate of drug-likeness (QED) is 0.682. The fraction of sp³-hybridized carbons (Fsp3) is 0.818. The monoisotopic (exact) mass is 231 g/mol. The molecule has 0 saturated heterocycles. The van der Waals surface area contributed by atoms with Crippen molar-refractivity contribution in [2.45, 2.75) is 34.1 Å². The molecule has 88 valence electrons. The standard InChI is InChI=1S/C11H21NO2S/c1-5-15(13,14)12-8-6-10(7-9-12)11(2,3)4/h6H,5,7-9H2,1-4H3. The summed E-state index contributed by atoms with van der Waals surface area (Å²) in [6.07, 6.45) is 2.93. The molecule has 0 aromatic carbocycles. The summed E-state index contributed by atoms with van der Waals surface area (Å²) in [6, 6.07) is 0. The first-order valence-electron chi connectivity index (χ1n) is 5.44. The fourth-order valence-corrected chi connectivity index (χ4v) is 2.80. The molecular weight excluding hydrogens is 210 g/mol. The zero-order valence-corrected chi connectivity index (χ0v) is 10.9. The van der Waals surface area contributed by atoms with Crippen LogP contribution in [0.25, 0.3) is 0 Å². The van der Waals surface area contributed by atoms with Gasteiger partial charge in [0.15, 0.2) is 0 Å². The van der Waals surface area contributed by atoms with Crippen LogP contribution in [-0.4, -0.2) is 31.6 Å². The van der Waals surface area contributed by atoms with E-state index in [-0.39, 0.29) is 11.2 Å². The first kappa shape index (κ1) is 12.7. The summed E-state index contributed by atoms with van der Waals surface area (Å²) in [6.45, 7) is 9.38. The van der Waals surface area contributed by atoms with Gasteiger partial charge in [0, 0.05) is 13.1 Å². The van der Waals surface area contributed by atoms with Crippen molar-refractivity contribution in [3.05, 3.63) is 11.6 Å². The van der Waals surface area contributed by atoms with Crippen LogP contribution in [0.4, 0.5) is 0 Å². The zero-order chi connectivity index (χ0) is 11.7. The molecule has 1 aliphatic rings. The molecule has 1 aliphatic heterocycles. The van der Waals surface area contributed by atoms with Crippen molar-refractivity contribution in [3.63, 3.8) is 0 Å². The summed E-state index contributed by atoms with van der Waals surface area (Å²) < 4.78 is 24.8. The molecule has 3 nitrogen and oxygen atoms in total. The van der Waals surface area contributed by atoms with Gasteiger partial charge in [-0.25, -0.2) is 8.42 Å². The molecule has 0 bridgehead atoms. The Hall–Kier alpha value is -0.350. The Kier molecular flexibility index (Phi) is 3.61. The number of hydrogen-bond acceptors (Lipinski definition) is 2. The molecule has 4 heteroatoms. The van der Waals surface area contributed by atoms with Crippen LogP contribution in [0.15, 0.2) is 11.6 Å². The van der Waals surface area contributed by atoms with Crippen LogP contribution >= 0.6 is 0 Å². The summed E-state index contributed by atoms with van der Waals surface area (Å²) in [7, 11) is -3.00. The predicted octanol–water partition coefficient (Wildman–Crippen LogP) is 2.01. The average molecular weight is 231 g/mol. The normalized spacial score (nSPS) is 20.1. The lowest BCUT2D eigenvalue weighted by atomic mass is 9.83. The molecule has 0 aliphatic carbocycles. The van der Waals surface area contributed by atoms with Gasteiger partial charge in [0.2, 0.25) is 10.0 Å². The number of nitrogens with zero attached hydrogens (tertiary/aromatic N) is 1. The molecule has 1 rings (SSSR count). The maximum atomic E-state index is 11.6. The Balaban J connectivity index is 2.75. The molecule has 0 unspecified atom stereocenters. The van der Waals surface area contributed by atoms with Gasteiger partial charge in [-0.15, -0.1) is 0 Å². The molecule has 0 aromatic rings. The lowest BCUT2D eigenvalue weighted by Gasteiger charge is -2.31. The highest BCUT2D eigenvalue weighted by atomic mass is 32.2. The second kappa shape index (κ2) is 4.26. The van der Waals surface area contributed by atoms with Gasteiger partial charge in [0.05, 0.1) is 5.75 Å². The van der Waals surface area contributed by atoms with Crippen LogP contribution in [0.3, 0.4) is 0 Å². The van der Waals surface area contributed by atoms with Gasteiger partial charge in [-0.3, -0.25) is 0 Å². The van der Waals surface area contributed by atoms with Gasteiger partial charge in [-0.1, -0.05) is 32.4 Å². The third-order valence-corrected chi connectivity index (χ3v) is 4.74. The van der Waals surface area contributed by atoms with Crippen LogP contribution < -0.4 is 0 Å². The Morgan fingerprint density at radius 1 is 1.40 bits per heavy atom. The average Bonchev–Trinajstić information content (AvgIpc) is 2.17. The largest absolute Gasteiger partial charge is 0.214 e. The van der Waals surface area contributed by atoms with E-state index in [1.54, 1.807) is 11.2 Å². The minimum absolute atomic E-state index is 0.169. The van der Waals surface area contributed by atoms with Crippen molar-refractivity contribution in [2.24, 2.45) is 5.41 Å². The van der Waals surface area contributed by atoms with Crippen molar-refractivity contribution < 1.29 is 8.42 Å². The van der Waals surface area contributed by atoms with E-state index in [0.717, 1.165) is 6.42 Å². The van der Waals surface area contributed by atoms with Crippen LogP contribution in [0.1, 0.15) is 34.1 Å². The summed E-state index contributed by atoms with van der Waals surface area (Å²) in [4.78, 5) is 0. The van der Waals surface area contributed by atoms with Gasteiger partial charge >= 0.3 is 0 Å². The third kappa shape index (κ3) is 3.05. The van der Waals surface area contributed by atoms with Crippen molar-refractivity contribution >= 4 is 10.0 Å². The summed E-state index contributed by atoms with van der Waals surface area (Å²) >= 11 is 0. The Labute approximate surface area is 93.2 Å². The zero-order valence-electron chi connectivity index (χ0n) is 10.1. The molecule has 0 fully saturated rings. The van der Waals surface area contributed by atoms with Crippen LogP contribution in [0.5, 0.6) is 0 Å². The van der Waals surface area contributed by atoms with Crippen molar-refractivity contribution in [2.75, 3.05) is 18.8 Å². The second-order valence-electron chi connectivity index (χ2n) is 4.99. The summed E-state index contributed by atoms with van der Waals surface area (Å²) in [5.74, 6) is 0.200. The number of hydrogen-bond donors (Lipinski definition) is 0. The van der Waals surface area contributed by atoms with E-state index in [1.807, 2.05) is 0 Å². The first-order chi connectivity index (χ1) is 6.77. The molecule has 0 aromatic heterocycles. The molecular formula is C11H21NO2S. The summed E-state index contributed by atoms with van der Waals surface area (Å²) in [5.41, 5.74) is 1.53. The second-order valence-corrected chi connectivity index (χ2v) is 7.25. The lowest BCUT2D eigenvalue weighted by Crippen LogP contribution is -2.37. The van der Waals surface area contributed by atoms with E-state index in [9.17, 15) is 8.42 Å². The van der Waals surface area contributed by atoms with Gasteiger partial charge < -0.3 is 0 Å². The molecule has 15 heavy (non-hydrogen) atoms. The molecule has 0 saturated carbocycles. The highest BCUT2D eigenvalue weighted by molar-refractivity contribution is 7.89. The van der Waals surface area contributed by atoms with Crippen LogP contribution in [0, 0.1) is 5.41 Å². The first-order valence-corrected chi connectivity index (χ1v) is 7.05. The maximum absolute atomic E-state index is 11.6. The molecule has 0 atom stereocenters. The summed E-state index contributed by atoms with van der Waals surface area (Å²) in [5, 5.41) is 0. The minimum Gasteiger partial charge on any atom is -0.212 e. The van der Waals surface area contributed by atoms with E-state index in [0.29, 0.717) is 13.1 Å². The van der Waals surface area contributed by atoms with Gasteiger partial charge in [-0.2, -0.15) is 4.31 Å². The topological polar surface area (TPSA) is 37.4 Å². The van der Waals surface area contributed by atoms with E-state index >= 15 is 0 Å². The van der Waals surface area contributed by atoms with Crippen molar-refractivity contribution in [1.82, 2.24) is 4.31 Å². The van der Waals surface area contributed by atoms with Gasteiger partial charge in [0.25, 0.3) is 0 Å². The Morgan fingerprint density at radius 3 is 2.33 bits per heavy atom.